The van der Waals surface area contributed by atoms with Crippen molar-refractivity contribution in [3.63, 3.8) is 0 Å². The van der Waals surface area contributed by atoms with Gasteiger partial charge in [-0.2, -0.15) is 0 Å². The van der Waals surface area contributed by atoms with E-state index in [1.165, 1.54) is 5.56 Å². The van der Waals surface area contributed by atoms with Gasteiger partial charge in [0.15, 0.2) is 0 Å². The topological polar surface area (TPSA) is 24.5 Å². The van der Waals surface area contributed by atoms with Crippen LogP contribution < -0.4 is 5.32 Å². The first-order valence-corrected chi connectivity index (χ1v) is 6.89. The molecule has 0 bridgehead atoms. The molecule has 0 unspecified atom stereocenters. The number of hydrogen-bond donors (Lipinski definition) is 1. The van der Waals surface area contributed by atoms with Gasteiger partial charge in [0.05, 0.1) is 13.2 Å². The predicted octanol–water partition coefficient (Wildman–Crippen LogP) is 2.71. The number of hydrogen-bond acceptors (Lipinski definition) is 3. The molecule has 3 nitrogen and oxygen atoms in total. The van der Waals surface area contributed by atoms with Gasteiger partial charge in [-0.05, 0) is 17.7 Å². The predicted molar refractivity (Wildman–Crippen MR) is 87.6 cm³/mol. The Kier molecular flexibility index (Phi) is 11.0. The molecule has 1 fully saturated rings. The molecular weight excluding hydrogens is 351 g/mol. The molecule has 1 aromatic rings. The second-order valence-electron chi connectivity index (χ2n) is 4.26. The smallest absolute Gasteiger partial charge is 0.0594 e. The number of benzene rings is 1. The molecule has 0 aliphatic carbocycles. The molecule has 6 heteroatoms. The summed E-state index contributed by atoms with van der Waals surface area (Å²) in [5.74, 6) is 0. The molecule has 0 aromatic heterocycles. The summed E-state index contributed by atoms with van der Waals surface area (Å²) in [5, 5.41) is 3.47. The highest BCUT2D eigenvalue weighted by molar-refractivity contribution is 9.10. The van der Waals surface area contributed by atoms with Crippen molar-refractivity contribution >= 4 is 40.7 Å². The first-order valence-electron chi connectivity index (χ1n) is 6.10. The van der Waals surface area contributed by atoms with Crippen LogP contribution in [-0.4, -0.2) is 44.3 Å². The van der Waals surface area contributed by atoms with Crippen LogP contribution >= 0.6 is 40.7 Å². The van der Waals surface area contributed by atoms with Crippen LogP contribution in [0.1, 0.15) is 5.56 Å². The molecule has 1 saturated heterocycles. The van der Waals surface area contributed by atoms with E-state index < -0.39 is 0 Å². The number of morpholine rings is 1. The summed E-state index contributed by atoms with van der Waals surface area (Å²) in [6.45, 7) is 6.97. The Balaban J connectivity index is 0.00000162. The number of rotatable bonds is 5. The van der Waals surface area contributed by atoms with Gasteiger partial charge in [0.25, 0.3) is 0 Å². The zero-order valence-electron chi connectivity index (χ0n) is 10.8. The van der Waals surface area contributed by atoms with Gasteiger partial charge in [0.2, 0.25) is 0 Å². The molecule has 0 saturated carbocycles. The summed E-state index contributed by atoms with van der Waals surface area (Å²) < 4.78 is 6.46. The highest BCUT2D eigenvalue weighted by Crippen LogP contribution is 2.11. The average molecular weight is 372 g/mol. The summed E-state index contributed by atoms with van der Waals surface area (Å²) >= 11 is 3.48. The van der Waals surface area contributed by atoms with Crippen LogP contribution in [0.3, 0.4) is 0 Å². The van der Waals surface area contributed by atoms with Crippen molar-refractivity contribution in [1.29, 1.82) is 0 Å². The molecule has 1 N–H and O–H groups in total. The van der Waals surface area contributed by atoms with E-state index in [4.69, 9.17) is 4.74 Å². The first kappa shape index (κ1) is 19.2. The maximum absolute atomic E-state index is 5.32. The third-order valence-corrected chi connectivity index (χ3v) is 3.42. The van der Waals surface area contributed by atoms with Crippen LogP contribution in [0.2, 0.25) is 0 Å². The molecule has 1 aromatic carbocycles. The molecule has 1 aliphatic rings. The Morgan fingerprint density at radius 1 is 1.21 bits per heavy atom. The third kappa shape index (κ3) is 7.49. The van der Waals surface area contributed by atoms with Gasteiger partial charge in [-0.3, -0.25) is 4.90 Å². The van der Waals surface area contributed by atoms with E-state index in [1.807, 2.05) is 0 Å². The van der Waals surface area contributed by atoms with Crippen LogP contribution in [-0.2, 0) is 11.3 Å². The molecule has 0 atom stereocenters. The van der Waals surface area contributed by atoms with Crippen molar-refractivity contribution in [3.05, 3.63) is 34.3 Å². The SMILES string of the molecule is Brc1cccc(CNCCN2CCOCC2)c1.Cl.Cl. The number of nitrogens with one attached hydrogen (secondary N) is 1. The van der Waals surface area contributed by atoms with E-state index >= 15 is 0 Å². The van der Waals surface area contributed by atoms with Gasteiger partial charge in [0, 0.05) is 37.2 Å². The largest absolute Gasteiger partial charge is 0.379 e. The number of halogens is 3. The normalized spacial score (nSPS) is 15.4. The molecule has 0 amide bonds. The van der Waals surface area contributed by atoms with E-state index in [0.717, 1.165) is 50.4 Å². The lowest BCUT2D eigenvalue weighted by Gasteiger charge is -2.26. The molecule has 2 rings (SSSR count). The van der Waals surface area contributed by atoms with Gasteiger partial charge in [0.1, 0.15) is 0 Å². The quantitative estimate of drug-likeness (QED) is 0.805. The van der Waals surface area contributed by atoms with Gasteiger partial charge >= 0.3 is 0 Å². The minimum absolute atomic E-state index is 0. The first-order chi connectivity index (χ1) is 8.34. The Labute approximate surface area is 136 Å². The average Bonchev–Trinajstić information content (AvgIpc) is 2.36. The second-order valence-corrected chi connectivity index (χ2v) is 5.18. The van der Waals surface area contributed by atoms with Crippen LogP contribution in [0, 0.1) is 0 Å². The van der Waals surface area contributed by atoms with Gasteiger partial charge in [-0.25, -0.2) is 0 Å². The van der Waals surface area contributed by atoms with Crippen LogP contribution in [0.4, 0.5) is 0 Å². The Hall–Kier alpha value is 0.160. The lowest BCUT2D eigenvalue weighted by molar-refractivity contribution is 0.0384. The minimum atomic E-state index is 0. The van der Waals surface area contributed by atoms with Crippen LogP contribution in [0.15, 0.2) is 28.7 Å². The van der Waals surface area contributed by atoms with Crippen molar-refractivity contribution in [2.24, 2.45) is 0 Å². The van der Waals surface area contributed by atoms with Crippen LogP contribution in [0.25, 0.3) is 0 Å². The van der Waals surface area contributed by atoms with Gasteiger partial charge < -0.3 is 10.1 Å². The summed E-state index contributed by atoms with van der Waals surface area (Å²) in [5.41, 5.74) is 1.32. The van der Waals surface area contributed by atoms with Crippen LogP contribution in [0.5, 0.6) is 0 Å². The van der Waals surface area contributed by atoms with E-state index in [2.05, 4.69) is 50.4 Å². The fraction of sp³-hybridized carbons (Fsp3) is 0.538. The zero-order valence-corrected chi connectivity index (χ0v) is 14.0. The molecule has 1 heterocycles. The van der Waals surface area contributed by atoms with Gasteiger partial charge in [-0.1, -0.05) is 28.1 Å². The highest BCUT2D eigenvalue weighted by Gasteiger charge is 2.08. The Morgan fingerprint density at radius 3 is 2.63 bits per heavy atom. The van der Waals surface area contributed by atoms with E-state index in [0.29, 0.717) is 0 Å². The Morgan fingerprint density at radius 2 is 1.95 bits per heavy atom. The summed E-state index contributed by atoms with van der Waals surface area (Å²) in [6, 6.07) is 8.43. The molecule has 1 aliphatic heterocycles. The van der Waals surface area contributed by atoms with E-state index in [9.17, 15) is 0 Å². The molecule has 0 radical (unpaired) electrons. The minimum Gasteiger partial charge on any atom is -0.379 e. The molecular formula is C13H21BrCl2N2O. The lowest BCUT2D eigenvalue weighted by atomic mass is 10.2. The van der Waals surface area contributed by atoms with E-state index in [-0.39, 0.29) is 24.8 Å². The second kappa shape index (κ2) is 10.9. The summed E-state index contributed by atoms with van der Waals surface area (Å²) in [4.78, 5) is 2.44. The molecule has 19 heavy (non-hydrogen) atoms. The highest BCUT2D eigenvalue weighted by atomic mass is 79.9. The van der Waals surface area contributed by atoms with Crippen molar-refractivity contribution in [3.8, 4) is 0 Å². The van der Waals surface area contributed by atoms with E-state index in [1.54, 1.807) is 0 Å². The lowest BCUT2D eigenvalue weighted by Crippen LogP contribution is -2.40. The number of ether oxygens (including phenoxy) is 1. The summed E-state index contributed by atoms with van der Waals surface area (Å²) in [6.07, 6.45) is 0. The van der Waals surface area contributed by atoms with Crippen molar-refractivity contribution < 1.29 is 4.74 Å². The van der Waals surface area contributed by atoms with Crippen molar-refractivity contribution in [1.82, 2.24) is 10.2 Å². The van der Waals surface area contributed by atoms with Crippen molar-refractivity contribution in [2.75, 3.05) is 39.4 Å². The standard InChI is InChI=1S/C13H19BrN2O.2ClH/c14-13-3-1-2-12(10-13)11-15-4-5-16-6-8-17-9-7-16;;/h1-3,10,15H,4-9,11H2;2*1H. The maximum atomic E-state index is 5.32. The molecule has 110 valence electrons. The van der Waals surface area contributed by atoms with Gasteiger partial charge in [-0.15, -0.1) is 24.8 Å². The zero-order chi connectivity index (χ0) is 11.9. The number of nitrogens with zero attached hydrogens (tertiary/aromatic N) is 1. The maximum Gasteiger partial charge on any atom is 0.0594 e. The molecule has 0 spiro atoms. The summed E-state index contributed by atoms with van der Waals surface area (Å²) in [7, 11) is 0. The fourth-order valence-corrected chi connectivity index (χ4v) is 2.39. The van der Waals surface area contributed by atoms with Crippen molar-refractivity contribution in [2.45, 2.75) is 6.54 Å². The Bertz CT molecular complexity index is 349. The monoisotopic (exact) mass is 370 g/mol. The fourth-order valence-electron chi connectivity index (χ4n) is 1.94. The third-order valence-electron chi connectivity index (χ3n) is 2.93.